The fraction of sp³-hybridized carbons (Fsp3) is 0.909. The molecular weight excluding hydrogens is 176 g/mol. The lowest BCUT2D eigenvalue weighted by atomic mass is 10.1. The van der Waals surface area contributed by atoms with Gasteiger partial charge in [-0.25, -0.2) is 0 Å². The van der Waals surface area contributed by atoms with Crippen LogP contribution in [0.25, 0.3) is 0 Å². The van der Waals surface area contributed by atoms with Crippen molar-refractivity contribution in [1.29, 1.82) is 0 Å². The number of hydrogen-bond donors (Lipinski definition) is 1. The van der Waals surface area contributed by atoms with Gasteiger partial charge in [-0.15, -0.1) is 0 Å². The Morgan fingerprint density at radius 2 is 2.14 bits per heavy atom. The summed E-state index contributed by atoms with van der Waals surface area (Å²) in [6.07, 6.45) is 1.16. The summed E-state index contributed by atoms with van der Waals surface area (Å²) in [5, 5.41) is 3.31. The van der Waals surface area contributed by atoms with Crippen LogP contribution in [-0.4, -0.2) is 37.0 Å². The van der Waals surface area contributed by atoms with Gasteiger partial charge >= 0.3 is 0 Å². The van der Waals surface area contributed by atoms with E-state index in [9.17, 15) is 4.79 Å². The second-order valence-electron chi connectivity index (χ2n) is 3.43. The fourth-order valence-corrected chi connectivity index (χ4v) is 1.63. The molecule has 1 rings (SSSR count). The van der Waals surface area contributed by atoms with Crippen molar-refractivity contribution in [3.8, 4) is 0 Å². The number of nitrogens with one attached hydrogen (secondary N) is 1. The zero-order valence-corrected chi connectivity index (χ0v) is 9.97. The molecule has 1 aliphatic heterocycles. The highest BCUT2D eigenvalue weighted by atomic mass is 16.2. The van der Waals surface area contributed by atoms with Crippen molar-refractivity contribution in [1.82, 2.24) is 10.2 Å². The minimum Gasteiger partial charge on any atom is -0.343 e. The molecule has 1 amide bonds. The Kier molecular flexibility index (Phi) is 7.48. The van der Waals surface area contributed by atoms with Gasteiger partial charge in [0.2, 0.25) is 5.91 Å². The SMILES string of the molecule is CC.CCNCC1CCN(C(C)=O)C1. The Morgan fingerprint density at radius 3 is 2.57 bits per heavy atom. The van der Waals surface area contributed by atoms with Crippen LogP contribution in [-0.2, 0) is 4.79 Å². The van der Waals surface area contributed by atoms with Crippen LogP contribution in [0.5, 0.6) is 0 Å². The van der Waals surface area contributed by atoms with Crippen molar-refractivity contribution in [2.45, 2.75) is 34.1 Å². The topological polar surface area (TPSA) is 32.3 Å². The number of rotatable bonds is 3. The first kappa shape index (κ1) is 13.4. The summed E-state index contributed by atoms with van der Waals surface area (Å²) in [6.45, 7) is 11.7. The molecule has 1 unspecified atom stereocenters. The van der Waals surface area contributed by atoms with Gasteiger partial charge in [0.05, 0.1) is 0 Å². The second kappa shape index (κ2) is 7.80. The van der Waals surface area contributed by atoms with Gasteiger partial charge in [-0.05, 0) is 25.4 Å². The molecule has 0 aliphatic carbocycles. The van der Waals surface area contributed by atoms with Crippen LogP contribution in [0.3, 0.4) is 0 Å². The molecule has 14 heavy (non-hydrogen) atoms. The van der Waals surface area contributed by atoms with Crippen LogP contribution in [0.2, 0.25) is 0 Å². The molecule has 1 saturated heterocycles. The maximum absolute atomic E-state index is 11.0. The summed E-state index contributed by atoms with van der Waals surface area (Å²) in [5.74, 6) is 0.892. The summed E-state index contributed by atoms with van der Waals surface area (Å²) in [4.78, 5) is 12.9. The molecule has 0 aromatic rings. The van der Waals surface area contributed by atoms with Crippen LogP contribution in [0.4, 0.5) is 0 Å². The van der Waals surface area contributed by atoms with Crippen LogP contribution in [0, 0.1) is 5.92 Å². The lowest BCUT2D eigenvalue weighted by Crippen LogP contribution is -2.29. The molecule has 84 valence electrons. The van der Waals surface area contributed by atoms with Gasteiger partial charge < -0.3 is 10.2 Å². The van der Waals surface area contributed by atoms with E-state index in [1.807, 2.05) is 18.7 Å². The van der Waals surface area contributed by atoms with Crippen molar-refractivity contribution in [2.24, 2.45) is 5.92 Å². The van der Waals surface area contributed by atoms with E-state index in [2.05, 4.69) is 12.2 Å². The van der Waals surface area contributed by atoms with E-state index in [4.69, 9.17) is 0 Å². The molecule has 0 aromatic heterocycles. The van der Waals surface area contributed by atoms with Gasteiger partial charge in [0.1, 0.15) is 0 Å². The summed E-state index contributed by atoms with van der Waals surface area (Å²) >= 11 is 0. The van der Waals surface area contributed by atoms with E-state index < -0.39 is 0 Å². The molecule has 0 aromatic carbocycles. The Morgan fingerprint density at radius 1 is 1.50 bits per heavy atom. The Balaban J connectivity index is 0.000000791. The molecule has 3 nitrogen and oxygen atoms in total. The lowest BCUT2D eigenvalue weighted by Gasteiger charge is -2.13. The Labute approximate surface area is 87.9 Å². The predicted molar refractivity (Wildman–Crippen MR) is 60.3 cm³/mol. The zero-order chi connectivity index (χ0) is 11.0. The van der Waals surface area contributed by atoms with Crippen molar-refractivity contribution in [2.75, 3.05) is 26.2 Å². The monoisotopic (exact) mass is 200 g/mol. The van der Waals surface area contributed by atoms with Gasteiger partial charge in [-0.1, -0.05) is 20.8 Å². The third-order valence-corrected chi connectivity index (χ3v) is 2.41. The average molecular weight is 200 g/mol. The zero-order valence-electron chi connectivity index (χ0n) is 9.97. The number of likely N-dealkylation sites (tertiary alicyclic amines) is 1. The molecule has 0 spiro atoms. The molecule has 1 heterocycles. The number of nitrogens with zero attached hydrogens (tertiary/aromatic N) is 1. The van der Waals surface area contributed by atoms with E-state index in [1.165, 1.54) is 0 Å². The molecule has 1 fully saturated rings. The molecule has 1 atom stereocenters. The molecule has 1 N–H and O–H groups in total. The van der Waals surface area contributed by atoms with E-state index in [0.29, 0.717) is 5.92 Å². The largest absolute Gasteiger partial charge is 0.343 e. The first-order valence-corrected chi connectivity index (χ1v) is 5.70. The molecule has 0 bridgehead atoms. The average Bonchev–Trinajstić information content (AvgIpc) is 2.66. The first-order valence-electron chi connectivity index (χ1n) is 5.70. The number of hydrogen-bond acceptors (Lipinski definition) is 2. The van der Waals surface area contributed by atoms with E-state index in [1.54, 1.807) is 6.92 Å². The van der Waals surface area contributed by atoms with Gasteiger partial charge in [0, 0.05) is 20.0 Å². The Bertz CT molecular complexity index is 159. The summed E-state index contributed by atoms with van der Waals surface area (Å²) in [5.41, 5.74) is 0. The van der Waals surface area contributed by atoms with Crippen molar-refractivity contribution in [3.05, 3.63) is 0 Å². The molecule has 3 heteroatoms. The van der Waals surface area contributed by atoms with Crippen LogP contribution in [0.1, 0.15) is 34.1 Å². The van der Waals surface area contributed by atoms with Crippen LogP contribution < -0.4 is 5.32 Å². The van der Waals surface area contributed by atoms with Gasteiger partial charge in [-0.2, -0.15) is 0 Å². The first-order chi connectivity index (χ1) is 6.74. The third kappa shape index (κ3) is 4.61. The summed E-state index contributed by atoms with van der Waals surface area (Å²) in [6, 6.07) is 0. The minimum absolute atomic E-state index is 0.217. The quantitative estimate of drug-likeness (QED) is 0.748. The lowest BCUT2D eigenvalue weighted by molar-refractivity contribution is -0.127. The predicted octanol–water partition coefficient (Wildman–Crippen LogP) is 1.49. The van der Waals surface area contributed by atoms with E-state index >= 15 is 0 Å². The fourth-order valence-electron chi connectivity index (χ4n) is 1.63. The standard InChI is InChI=1S/C9H18N2O.C2H6/c1-3-10-6-9-4-5-11(7-9)8(2)12;1-2/h9-10H,3-7H2,1-2H3;1-2H3. The summed E-state index contributed by atoms with van der Waals surface area (Å²) < 4.78 is 0. The molecule has 0 radical (unpaired) electrons. The summed E-state index contributed by atoms with van der Waals surface area (Å²) in [7, 11) is 0. The van der Waals surface area contributed by atoms with Gasteiger partial charge in [0.25, 0.3) is 0 Å². The third-order valence-electron chi connectivity index (χ3n) is 2.41. The smallest absolute Gasteiger partial charge is 0.219 e. The molecular formula is C11H24N2O. The number of carbonyl (C=O) groups is 1. The van der Waals surface area contributed by atoms with E-state index in [-0.39, 0.29) is 5.91 Å². The molecule has 0 saturated carbocycles. The highest BCUT2D eigenvalue weighted by Gasteiger charge is 2.23. The van der Waals surface area contributed by atoms with Crippen LogP contribution >= 0.6 is 0 Å². The van der Waals surface area contributed by atoms with E-state index in [0.717, 1.165) is 32.6 Å². The van der Waals surface area contributed by atoms with Crippen molar-refractivity contribution in [3.63, 3.8) is 0 Å². The van der Waals surface area contributed by atoms with Crippen LogP contribution in [0.15, 0.2) is 0 Å². The van der Waals surface area contributed by atoms with Crippen molar-refractivity contribution >= 4 is 5.91 Å². The van der Waals surface area contributed by atoms with Crippen molar-refractivity contribution < 1.29 is 4.79 Å². The Hall–Kier alpha value is -0.570. The maximum atomic E-state index is 11.0. The molecule has 1 aliphatic rings. The highest BCUT2D eigenvalue weighted by molar-refractivity contribution is 5.73. The number of amides is 1. The number of carbonyl (C=O) groups excluding carboxylic acids is 1. The maximum Gasteiger partial charge on any atom is 0.219 e. The minimum atomic E-state index is 0.217. The normalized spacial score (nSPS) is 20.3. The highest BCUT2D eigenvalue weighted by Crippen LogP contribution is 2.14. The van der Waals surface area contributed by atoms with Gasteiger partial charge in [0.15, 0.2) is 0 Å². The van der Waals surface area contributed by atoms with Gasteiger partial charge in [-0.3, -0.25) is 4.79 Å². The second-order valence-corrected chi connectivity index (χ2v) is 3.43.